The van der Waals surface area contributed by atoms with Crippen molar-refractivity contribution < 1.29 is 13.9 Å². The number of rotatable bonds is 5. The third-order valence-electron chi connectivity index (χ3n) is 5.15. The molecule has 172 valence electrons. The van der Waals surface area contributed by atoms with Crippen molar-refractivity contribution in [3.63, 3.8) is 0 Å². The molecule has 4 heterocycles. The Morgan fingerprint density at radius 3 is 2.82 bits per heavy atom. The van der Waals surface area contributed by atoms with Crippen LogP contribution in [0.3, 0.4) is 0 Å². The highest BCUT2D eigenvalue weighted by Crippen LogP contribution is 2.39. The normalized spacial score (nSPS) is 12.4. The number of benzene rings is 1. The van der Waals surface area contributed by atoms with Crippen molar-refractivity contribution in [3.05, 3.63) is 60.4 Å². The molecule has 0 radical (unpaired) electrons. The first-order valence-corrected chi connectivity index (χ1v) is 10.5. The molecule has 3 aromatic heterocycles. The lowest BCUT2D eigenvalue weighted by Crippen LogP contribution is -2.21. The lowest BCUT2D eigenvalue weighted by molar-refractivity contribution is 0.0958. The quantitative estimate of drug-likeness (QED) is 0.410. The van der Waals surface area contributed by atoms with Crippen molar-refractivity contribution in [2.45, 2.75) is 13.0 Å². The Morgan fingerprint density at radius 1 is 1.09 bits per heavy atom. The number of hydrogen-bond acceptors (Lipinski definition) is 9. The second-order valence-corrected chi connectivity index (χ2v) is 7.41. The summed E-state index contributed by atoms with van der Waals surface area (Å²) in [4.78, 5) is 16.4. The minimum absolute atomic E-state index is 0.0896. The summed E-state index contributed by atoms with van der Waals surface area (Å²) in [5.74, 6) is 1.11. The maximum Gasteiger partial charge on any atom is 0.273 e. The molecule has 1 amide bonds. The van der Waals surface area contributed by atoms with Gasteiger partial charge >= 0.3 is 0 Å². The van der Waals surface area contributed by atoms with E-state index in [2.05, 4.69) is 41.3 Å². The Balaban J connectivity index is 1.54. The zero-order valence-corrected chi connectivity index (χ0v) is 18.1. The summed E-state index contributed by atoms with van der Waals surface area (Å²) in [7, 11) is 1.51. The second-order valence-electron chi connectivity index (χ2n) is 7.41. The summed E-state index contributed by atoms with van der Waals surface area (Å²) in [5.41, 5.74) is 1.88. The summed E-state index contributed by atoms with van der Waals surface area (Å²) in [5, 5.41) is 25.2. The fraction of sp³-hybridized carbons (Fsp3) is 0.182. The van der Waals surface area contributed by atoms with Gasteiger partial charge in [0, 0.05) is 19.7 Å². The van der Waals surface area contributed by atoms with E-state index in [9.17, 15) is 9.18 Å². The van der Waals surface area contributed by atoms with E-state index in [1.165, 1.54) is 19.2 Å². The smallest absolute Gasteiger partial charge is 0.273 e. The van der Waals surface area contributed by atoms with Crippen LogP contribution in [0.25, 0.3) is 11.4 Å². The predicted octanol–water partition coefficient (Wildman–Crippen LogP) is 2.90. The van der Waals surface area contributed by atoms with Crippen LogP contribution in [0.5, 0.6) is 5.75 Å². The van der Waals surface area contributed by atoms with Gasteiger partial charge in [-0.05, 0) is 30.7 Å². The molecule has 1 aliphatic rings. The lowest BCUT2D eigenvalue weighted by Gasteiger charge is -2.20. The zero-order valence-electron chi connectivity index (χ0n) is 18.1. The van der Waals surface area contributed by atoms with Crippen LogP contribution < -0.4 is 20.7 Å². The van der Waals surface area contributed by atoms with E-state index in [-0.39, 0.29) is 5.69 Å². The SMILES string of the molecule is CNC(=O)c1nnc(Nc2ccc(F)cn2)cc1Nc1cccc2c1OCCCn1cnnc1-2. The fourth-order valence-corrected chi connectivity index (χ4v) is 3.56. The third-order valence-corrected chi connectivity index (χ3v) is 5.15. The molecule has 0 spiro atoms. The number of carbonyl (C=O) groups is 1. The number of nitrogens with zero attached hydrogens (tertiary/aromatic N) is 6. The minimum atomic E-state index is -0.453. The van der Waals surface area contributed by atoms with Crippen molar-refractivity contribution in [2.24, 2.45) is 0 Å². The first kappa shape index (κ1) is 21.2. The van der Waals surface area contributed by atoms with Crippen LogP contribution >= 0.6 is 0 Å². The molecule has 0 bridgehead atoms. The van der Waals surface area contributed by atoms with Crippen molar-refractivity contribution >= 4 is 28.9 Å². The molecule has 0 aliphatic carbocycles. The predicted molar refractivity (Wildman–Crippen MR) is 122 cm³/mol. The average Bonchev–Trinajstić information content (AvgIpc) is 3.29. The topological polar surface area (TPSA) is 132 Å². The van der Waals surface area contributed by atoms with Crippen LogP contribution in [0.1, 0.15) is 16.9 Å². The summed E-state index contributed by atoms with van der Waals surface area (Å²) >= 11 is 0. The van der Waals surface area contributed by atoms with Crippen molar-refractivity contribution in [1.29, 1.82) is 0 Å². The van der Waals surface area contributed by atoms with Crippen LogP contribution in [0.2, 0.25) is 0 Å². The van der Waals surface area contributed by atoms with E-state index in [0.717, 1.165) is 24.7 Å². The van der Waals surface area contributed by atoms with Crippen molar-refractivity contribution in [2.75, 3.05) is 24.3 Å². The highest BCUT2D eigenvalue weighted by Gasteiger charge is 2.21. The van der Waals surface area contributed by atoms with E-state index in [1.54, 1.807) is 12.4 Å². The average molecular weight is 461 g/mol. The number of aryl methyl sites for hydroxylation is 1. The number of pyridine rings is 1. The van der Waals surface area contributed by atoms with E-state index in [0.29, 0.717) is 41.2 Å². The van der Waals surface area contributed by atoms with E-state index < -0.39 is 11.7 Å². The number of nitrogens with one attached hydrogen (secondary N) is 3. The molecule has 3 N–H and O–H groups in total. The van der Waals surface area contributed by atoms with Gasteiger partial charge in [0.1, 0.15) is 18.0 Å². The van der Waals surface area contributed by atoms with Crippen LogP contribution in [-0.2, 0) is 6.54 Å². The molecule has 12 heteroatoms. The van der Waals surface area contributed by atoms with Crippen molar-refractivity contribution in [1.82, 2.24) is 35.3 Å². The first-order valence-electron chi connectivity index (χ1n) is 10.5. The van der Waals surface area contributed by atoms with Gasteiger partial charge in [0.2, 0.25) is 0 Å². The van der Waals surface area contributed by atoms with E-state index >= 15 is 0 Å². The van der Waals surface area contributed by atoms with Gasteiger partial charge in [-0.1, -0.05) is 6.07 Å². The fourth-order valence-electron chi connectivity index (χ4n) is 3.56. The molecule has 34 heavy (non-hydrogen) atoms. The number of aromatic nitrogens is 6. The Hall–Kier alpha value is -4.61. The lowest BCUT2D eigenvalue weighted by atomic mass is 10.1. The Bertz CT molecular complexity index is 1340. The third kappa shape index (κ3) is 4.20. The number of anilines is 4. The van der Waals surface area contributed by atoms with Gasteiger partial charge < -0.3 is 25.3 Å². The zero-order chi connectivity index (χ0) is 23.5. The molecule has 0 saturated heterocycles. The molecule has 1 aromatic carbocycles. The number of fused-ring (bicyclic) bond motifs is 3. The monoisotopic (exact) mass is 461 g/mol. The number of ether oxygens (including phenoxy) is 1. The number of halogens is 1. The second kappa shape index (κ2) is 9.10. The number of amides is 1. The minimum Gasteiger partial charge on any atom is -0.491 e. The maximum atomic E-state index is 13.2. The van der Waals surface area contributed by atoms with Crippen LogP contribution in [-0.4, -0.2) is 49.5 Å². The Kier molecular flexibility index (Phi) is 5.68. The Morgan fingerprint density at radius 2 is 2.00 bits per heavy atom. The molecule has 1 aliphatic heterocycles. The van der Waals surface area contributed by atoms with Gasteiger partial charge in [-0.3, -0.25) is 4.79 Å². The maximum absolute atomic E-state index is 13.2. The number of hydrogen-bond donors (Lipinski definition) is 3. The highest BCUT2D eigenvalue weighted by atomic mass is 19.1. The molecule has 11 nitrogen and oxygen atoms in total. The van der Waals surface area contributed by atoms with Gasteiger partial charge in [0.15, 0.2) is 23.1 Å². The van der Waals surface area contributed by atoms with E-state index in [1.807, 2.05) is 22.8 Å². The summed E-state index contributed by atoms with van der Waals surface area (Å²) in [6.07, 6.45) is 3.58. The van der Waals surface area contributed by atoms with Gasteiger partial charge in [0.05, 0.1) is 29.7 Å². The molecular formula is C22H20FN9O2. The van der Waals surface area contributed by atoms with Crippen molar-refractivity contribution in [3.8, 4) is 17.1 Å². The van der Waals surface area contributed by atoms with E-state index in [4.69, 9.17) is 4.74 Å². The van der Waals surface area contributed by atoms with Crippen LogP contribution in [0, 0.1) is 5.82 Å². The summed E-state index contributed by atoms with van der Waals surface area (Å²) in [6, 6.07) is 9.97. The van der Waals surface area contributed by atoms with Gasteiger partial charge in [0.25, 0.3) is 5.91 Å². The van der Waals surface area contributed by atoms with Crippen LogP contribution in [0.4, 0.5) is 27.4 Å². The Labute approximate surface area is 193 Å². The molecule has 0 atom stereocenters. The molecule has 0 saturated carbocycles. The first-order chi connectivity index (χ1) is 16.6. The highest BCUT2D eigenvalue weighted by molar-refractivity contribution is 5.99. The van der Waals surface area contributed by atoms with Crippen LogP contribution in [0.15, 0.2) is 48.9 Å². The number of carbonyl (C=O) groups excluding carboxylic acids is 1. The molecule has 4 aromatic rings. The molecular weight excluding hydrogens is 441 g/mol. The molecule has 0 fully saturated rings. The van der Waals surface area contributed by atoms with Gasteiger partial charge in [-0.15, -0.1) is 20.4 Å². The van der Waals surface area contributed by atoms with Gasteiger partial charge in [-0.25, -0.2) is 9.37 Å². The summed E-state index contributed by atoms with van der Waals surface area (Å²) < 4.78 is 21.2. The molecule has 0 unspecified atom stereocenters. The van der Waals surface area contributed by atoms with Gasteiger partial charge in [-0.2, -0.15) is 0 Å². The largest absolute Gasteiger partial charge is 0.491 e. The number of para-hydroxylation sites is 1. The summed E-state index contributed by atoms with van der Waals surface area (Å²) in [6.45, 7) is 1.25. The molecule has 5 rings (SSSR count). The standard InChI is InChI=1S/C22H20FN9O2/c1-24-22(33)19-16(10-18(29-30-19)28-17-7-6-13(23)11-25-17)27-15-5-2-4-14-20(15)34-9-3-8-32-12-26-31-21(14)32/h2,4-7,10-12H,3,8-9H2,1H3,(H,24,33)(H2,25,27,28,29).